The molecule has 0 radical (unpaired) electrons. The molecule has 4 heteroatoms. The van der Waals surface area contributed by atoms with E-state index in [0.29, 0.717) is 5.25 Å². The SMILES string of the molecule is CC(N)c1ccnc(SC2COC2)c1. The van der Waals surface area contributed by atoms with Gasteiger partial charge in [0.25, 0.3) is 0 Å². The Hall–Kier alpha value is -0.580. The minimum atomic E-state index is 0.0787. The highest BCUT2D eigenvalue weighted by Crippen LogP contribution is 2.27. The Morgan fingerprint density at radius 2 is 2.43 bits per heavy atom. The van der Waals surface area contributed by atoms with E-state index in [1.807, 2.05) is 19.2 Å². The van der Waals surface area contributed by atoms with Gasteiger partial charge >= 0.3 is 0 Å². The van der Waals surface area contributed by atoms with Crippen LogP contribution in [0.25, 0.3) is 0 Å². The van der Waals surface area contributed by atoms with Crippen LogP contribution in [0, 0.1) is 0 Å². The van der Waals surface area contributed by atoms with Crippen molar-refractivity contribution in [3.63, 3.8) is 0 Å². The lowest BCUT2D eigenvalue weighted by Crippen LogP contribution is -2.30. The molecule has 2 rings (SSSR count). The third kappa shape index (κ3) is 2.26. The summed E-state index contributed by atoms with van der Waals surface area (Å²) in [5.41, 5.74) is 6.94. The van der Waals surface area contributed by atoms with Crippen molar-refractivity contribution in [3.05, 3.63) is 23.9 Å². The molecule has 1 atom stereocenters. The molecule has 2 heterocycles. The molecule has 0 saturated carbocycles. The van der Waals surface area contributed by atoms with Crippen molar-refractivity contribution in [3.8, 4) is 0 Å². The molecular weight excluding hydrogens is 196 g/mol. The van der Waals surface area contributed by atoms with Gasteiger partial charge in [0.15, 0.2) is 0 Å². The van der Waals surface area contributed by atoms with Crippen LogP contribution in [0.15, 0.2) is 23.4 Å². The molecule has 1 fully saturated rings. The second-order valence-corrected chi connectivity index (χ2v) is 4.81. The molecule has 0 aromatic carbocycles. The summed E-state index contributed by atoms with van der Waals surface area (Å²) in [6.45, 7) is 3.67. The van der Waals surface area contributed by atoms with Crippen molar-refractivity contribution in [1.29, 1.82) is 0 Å². The fourth-order valence-corrected chi connectivity index (χ4v) is 2.22. The zero-order valence-corrected chi connectivity index (χ0v) is 8.96. The quantitative estimate of drug-likeness (QED) is 0.823. The molecule has 3 nitrogen and oxygen atoms in total. The minimum Gasteiger partial charge on any atom is -0.379 e. The summed E-state index contributed by atoms with van der Waals surface area (Å²) >= 11 is 1.77. The normalized spacial score (nSPS) is 19.0. The van der Waals surface area contributed by atoms with Gasteiger partial charge in [0.05, 0.1) is 23.5 Å². The van der Waals surface area contributed by atoms with Gasteiger partial charge in [-0.25, -0.2) is 4.98 Å². The third-order valence-corrected chi connectivity index (χ3v) is 3.25. The predicted molar refractivity (Wildman–Crippen MR) is 57.3 cm³/mol. The Labute approximate surface area is 88.0 Å². The lowest BCUT2D eigenvalue weighted by Gasteiger charge is -2.24. The maximum atomic E-state index is 5.80. The van der Waals surface area contributed by atoms with E-state index in [9.17, 15) is 0 Å². The minimum absolute atomic E-state index is 0.0787. The molecule has 0 spiro atoms. The van der Waals surface area contributed by atoms with Gasteiger partial charge < -0.3 is 10.5 Å². The van der Waals surface area contributed by atoms with E-state index in [2.05, 4.69) is 11.1 Å². The van der Waals surface area contributed by atoms with Crippen LogP contribution < -0.4 is 5.73 Å². The Morgan fingerprint density at radius 3 is 3.00 bits per heavy atom. The monoisotopic (exact) mass is 210 g/mol. The average Bonchev–Trinajstić information content (AvgIpc) is 2.12. The first-order valence-corrected chi connectivity index (χ1v) is 5.59. The number of thioether (sulfide) groups is 1. The summed E-state index contributed by atoms with van der Waals surface area (Å²) in [7, 11) is 0. The number of aromatic nitrogens is 1. The summed E-state index contributed by atoms with van der Waals surface area (Å²) in [5.74, 6) is 0. The zero-order chi connectivity index (χ0) is 9.97. The molecule has 0 aliphatic carbocycles. The largest absolute Gasteiger partial charge is 0.379 e. The van der Waals surface area contributed by atoms with E-state index in [1.54, 1.807) is 11.8 Å². The summed E-state index contributed by atoms with van der Waals surface area (Å²) < 4.78 is 5.11. The molecule has 1 aliphatic heterocycles. The molecule has 1 aromatic heterocycles. The predicted octanol–water partition coefficient (Wildman–Crippen LogP) is 1.59. The molecule has 0 amide bonds. The van der Waals surface area contributed by atoms with Gasteiger partial charge in [-0.1, -0.05) is 11.8 Å². The standard InChI is InChI=1S/C10H14N2OS/c1-7(11)8-2-3-12-10(4-8)14-9-5-13-6-9/h2-4,7,9H,5-6,11H2,1H3. The number of ether oxygens (including phenoxy) is 1. The van der Waals surface area contributed by atoms with Crippen molar-refractivity contribution in [2.75, 3.05) is 13.2 Å². The second-order valence-electron chi connectivity index (χ2n) is 3.49. The van der Waals surface area contributed by atoms with E-state index in [4.69, 9.17) is 10.5 Å². The first kappa shape index (κ1) is 9.96. The van der Waals surface area contributed by atoms with E-state index >= 15 is 0 Å². The second kappa shape index (κ2) is 4.29. The van der Waals surface area contributed by atoms with E-state index in [1.165, 1.54) is 0 Å². The van der Waals surface area contributed by atoms with Gasteiger partial charge in [-0.15, -0.1) is 0 Å². The van der Waals surface area contributed by atoms with Crippen LogP contribution in [0.4, 0.5) is 0 Å². The van der Waals surface area contributed by atoms with Crippen molar-refractivity contribution in [2.45, 2.75) is 23.2 Å². The summed E-state index contributed by atoms with van der Waals surface area (Å²) in [6.07, 6.45) is 1.82. The number of hydrogen-bond donors (Lipinski definition) is 1. The fourth-order valence-electron chi connectivity index (χ4n) is 1.23. The number of nitrogens with two attached hydrogens (primary N) is 1. The Balaban J connectivity index is 2.05. The third-order valence-electron chi connectivity index (χ3n) is 2.18. The fraction of sp³-hybridized carbons (Fsp3) is 0.500. The van der Waals surface area contributed by atoms with Crippen LogP contribution >= 0.6 is 11.8 Å². The summed E-state index contributed by atoms with van der Waals surface area (Å²) in [5, 5.41) is 1.62. The van der Waals surface area contributed by atoms with Crippen molar-refractivity contribution < 1.29 is 4.74 Å². The van der Waals surface area contributed by atoms with Crippen molar-refractivity contribution in [1.82, 2.24) is 4.98 Å². The number of rotatable bonds is 3. The van der Waals surface area contributed by atoms with Crippen LogP contribution in [0.5, 0.6) is 0 Å². The van der Waals surface area contributed by atoms with Gasteiger partial charge in [-0.3, -0.25) is 0 Å². The van der Waals surface area contributed by atoms with Gasteiger partial charge in [0.2, 0.25) is 0 Å². The molecule has 14 heavy (non-hydrogen) atoms. The molecular formula is C10H14N2OS. The van der Waals surface area contributed by atoms with Gasteiger partial charge in [0, 0.05) is 12.2 Å². The van der Waals surface area contributed by atoms with Crippen LogP contribution in [0.3, 0.4) is 0 Å². The Bertz CT molecular complexity index is 313. The van der Waals surface area contributed by atoms with E-state index < -0.39 is 0 Å². The van der Waals surface area contributed by atoms with Gasteiger partial charge in [0.1, 0.15) is 0 Å². The topological polar surface area (TPSA) is 48.1 Å². The van der Waals surface area contributed by atoms with Crippen molar-refractivity contribution >= 4 is 11.8 Å². The molecule has 2 N–H and O–H groups in total. The Morgan fingerprint density at radius 1 is 1.64 bits per heavy atom. The lowest BCUT2D eigenvalue weighted by atomic mass is 10.1. The number of hydrogen-bond acceptors (Lipinski definition) is 4. The average molecular weight is 210 g/mol. The van der Waals surface area contributed by atoms with Crippen LogP contribution in [-0.2, 0) is 4.74 Å². The number of nitrogens with zero attached hydrogens (tertiary/aromatic N) is 1. The lowest BCUT2D eigenvalue weighted by molar-refractivity contribution is 0.0454. The van der Waals surface area contributed by atoms with Crippen LogP contribution in [0.1, 0.15) is 18.5 Å². The molecule has 0 bridgehead atoms. The summed E-state index contributed by atoms with van der Waals surface area (Å²) in [4.78, 5) is 4.30. The zero-order valence-electron chi connectivity index (χ0n) is 8.14. The summed E-state index contributed by atoms with van der Waals surface area (Å²) in [6, 6.07) is 4.11. The van der Waals surface area contributed by atoms with E-state index in [0.717, 1.165) is 23.8 Å². The molecule has 1 saturated heterocycles. The smallest absolute Gasteiger partial charge is 0.0967 e. The highest BCUT2D eigenvalue weighted by Gasteiger charge is 2.20. The first-order valence-electron chi connectivity index (χ1n) is 4.71. The Kier molecular flexibility index (Phi) is 3.05. The highest BCUT2D eigenvalue weighted by molar-refractivity contribution is 8.00. The highest BCUT2D eigenvalue weighted by atomic mass is 32.2. The molecule has 76 valence electrons. The maximum Gasteiger partial charge on any atom is 0.0967 e. The molecule has 1 aromatic rings. The van der Waals surface area contributed by atoms with Gasteiger partial charge in [-0.05, 0) is 24.6 Å². The number of pyridine rings is 1. The molecule has 1 unspecified atom stereocenters. The molecule has 1 aliphatic rings. The van der Waals surface area contributed by atoms with Gasteiger partial charge in [-0.2, -0.15) is 0 Å². The van der Waals surface area contributed by atoms with E-state index in [-0.39, 0.29) is 6.04 Å². The van der Waals surface area contributed by atoms with Crippen LogP contribution in [-0.4, -0.2) is 23.4 Å². The first-order chi connectivity index (χ1) is 6.75. The van der Waals surface area contributed by atoms with Crippen LogP contribution in [0.2, 0.25) is 0 Å². The van der Waals surface area contributed by atoms with Crippen molar-refractivity contribution in [2.24, 2.45) is 5.73 Å². The maximum absolute atomic E-state index is 5.80.